The predicted molar refractivity (Wildman–Crippen MR) is 123 cm³/mol. The maximum atomic E-state index is 12.5. The average molecular weight is 421 g/mol. The second-order valence-corrected chi connectivity index (χ2v) is 9.03. The van der Waals surface area contributed by atoms with Crippen molar-refractivity contribution in [3.8, 4) is 10.6 Å². The molecule has 1 aliphatic rings. The lowest BCUT2D eigenvalue weighted by Gasteiger charge is -2.30. The van der Waals surface area contributed by atoms with Gasteiger partial charge in [-0.2, -0.15) is 0 Å². The summed E-state index contributed by atoms with van der Waals surface area (Å²) in [6.45, 7) is 7.09. The summed E-state index contributed by atoms with van der Waals surface area (Å²) in [5.74, 6) is 1.30. The third-order valence-electron chi connectivity index (χ3n) is 5.64. The number of nitrogens with one attached hydrogen (secondary N) is 1. The molecule has 30 heavy (non-hydrogen) atoms. The van der Waals surface area contributed by atoms with Gasteiger partial charge in [0.15, 0.2) is 0 Å². The Morgan fingerprint density at radius 3 is 2.60 bits per heavy atom. The lowest BCUT2D eigenvalue weighted by molar-refractivity contribution is -0.121. The number of pyridine rings is 1. The Morgan fingerprint density at radius 2 is 1.93 bits per heavy atom. The van der Waals surface area contributed by atoms with Crippen LogP contribution in [-0.2, 0) is 11.3 Å². The molecule has 0 atom stereocenters. The van der Waals surface area contributed by atoms with E-state index in [4.69, 9.17) is 4.98 Å². The fraction of sp³-hybridized carbons (Fsp3) is 0.375. The molecule has 1 fully saturated rings. The Balaban J connectivity index is 1.29. The zero-order chi connectivity index (χ0) is 20.9. The lowest BCUT2D eigenvalue weighted by atomic mass is 9.96. The Kier molecular flexibility index (Phi) is 6.55. The number of amides is 1. The molecule has 156 valence electrons. The number of anilines is 1. The summed E-state index contributed by atoms with van der Waals surface area (Å²) in [6.07, 6.45) is 3.43. The van der Waals surface area contributed by atoms with Crippen molar-refractivity contribution in [2.75, 3.05) is 18.4 Å². The summed E-state index contributed by atoms with van der Waals surface area (Å²) in [6, 6.07) is 14.3. The zero-order valence-electron chi connectivity index (χ0n) is 17.5. The van der Waals surface area contributed by atoms with Crippen LogP contribution in [0.25, 0.3) is 10.6 Å². The van der Waals surface area contributed by atoms with Crippen molar-refractivity contribution in [3.05, 3.63) is 65.3 Å². The highest BCUT2D eigenvalue weighted by atomic mass is 32.1. The molecule has 0 saturated carbocycles. The van der Waals surface area contributed by atoms with Crippen molar-refractivity contribution >= 4 is 23.1 Å². The van der Waals surface area contributed by atoms with Gasteiger partial charge in [0.2, 0.25) is 5.91 Å². The van der Waals surface area contributed by atoms with Gasteiger partial charge in [0.1, 0.15) is 10.8 Å². The number of hydrogen-bond acceptors (Lipinski definition) is 5. The average Bonchev–Trinajstić information content (AvgIpc) is 3.23. The molecular formula is C24H28N4OS. The summed E-state index contributed by atoms with van der Waals surface area (Å²) in [5.41, 5.74) is 3.64. The first-order valence-corrected chi connectivity index (χ1v) is 11.5. The molecule has 4 rings (SSSR count). The normalized spacial score (nSPS) is 15.4. The molecule has 0 spiro atoms. The topological polar surface area (TPSA) is 58.1 Å². The van der Waals surface area contributed by atoms with E-state index in [0.717, 1.165) is 43.2 Å². The Labute approximate surface area is 182 Å². The van der Waals surface area contributed by atoms with Crippen LogP contribution in [0.2, 0.25) is 0 Å². The van der Waals surface area contributed by atoms with E-state index in [1.165, 1.54) is 11.1 Å². The van der Waals surface area contributed by atoms with Crippen molar-refractivity contribution < 1.29 is 4.79 Å². The van der Waals surface area contributed by atoms with Crippen LogP contribution in [0.3, 0.4) is 0 Å². The van der Waals surface area contributed by atoms with Gasteiger partial charge in [0, 0.05) is 29.6 Å². The van der Waals surface area contributed by atoms with E-state index in [1.807, 2.05) is 18.2 Å². The van der Waals surface area contributed by atoms with E-state index >= 15 is 0 Å². The van der Waals surface area contributed by atoms with Gasteiger partial charge in [-0.25, -0.2) is 9.97 Å². The van der Waals surface area contributed by atoms with Crippen molar-refractivity contribution in [2.45, 2.75) is 39.2 Å². The van der Waals surface area contributed by atoms with Crippen molar-refractivity contribution in [1.29, 1.82) is 0 Å². The number of carbonyl (C=O) groups is 1. The number of benzene rings is 1. The number of aromatic nitrogens is 2. The molecule has 2 aromatic heterocycles. The molecule has 1 aromatic carbocycles. The molecule has 5 nitrogen and oxygen atoms in total. The molecule has 1 saturated heterocycles. The number of hydrogen-bond donors (Lipinski definition) is 1. The van der Waals surface area contributed by atoms with Gasteiger partial charge in [-0.3, -0.25) is 9.69 Å². The van der Waals surface area contributed by atoms with Gasteiger partial charge in [-0.05, 0) is 49.5 Å². The third-order valence-corrected chi connectivity index (χ3v) is 6.58. The summed E-state index contributed by atoms with van der Waals surface area (Å²) < 4.78 is 0. The molecule has 1 N–H and O–H groups in total. The number of thiazole rings is 1. The fourth-order valence-corrected chi connectivity index (χ4v) is 4.59. The van der Waals surface area contributed by atoms with Gasteiger partial charge >= 0.3 is 0 Å². The van der Waals surface area contributed by atoms with Gasteiger partial charge < -0.3 is 5.32 Å². The summed E-state index contributed by atoms with van der Waals surface area (Å²) in [4.78, 5) is 23.9. The minimum absolute atomic E-state index is 0.0497. The van der Waals surface area contributed by atoms with Crippen molar-refractivity contribution in [1.82, 2.24) is 14.9 Å². The Bertz CT molecular complexity index is 960. The van der Waals surface area contributed by atoms with E-state index in [-0.39, 0.29) is 11.8 Å². The van der Waals surface area contributed by atoms with Crippen LogP contribution in [0.1, 0.15) is 43.9 Å². The molecule has 0 aliphatic carbocycles. The van der Waals surface area contributed by atoms with Crippen LogP contribution in [0.4, 0.5) is 5.82 Å². The summed E-state index contributed by atoms with van der Waals surface area (Å²) >= 11 is 1.70. The number of rotatable bonds is 6. The van der Waals surface area contributed by atoms with Crippen molar-refractivity contribution in [3.63, 3.8) is 0 Å². The number of carbonyl (C=O) groups excluding carboxylic acids is 1. The maximum Gasteiger partial charge on any atom is 0.228 e. The molecule has 6 heteroatoms. The molecule has 1 aliphatic heterocycles. The van der Waals surface area contributed by atoms with E-state index < -0.39 is 0 Å². The van der Waals surface area contributed by atoms with Crippen LogP contribution >= 0.6 is 11.3 Å². The van der Waals surface area contributed by atoms with Crippen LogP contribution < -0.4 is 5.32 Å². The smallest absolute Gasteiger partial charge is 0.228 e. The second kappa shape index (κ2) is 9.49. The quantitative estimate of drug-likeness (QED) is 0.597. The first-order valence-electron chi connectivity index (χ1n) is 10.6. The fourth-order valence-electron chi connectivity index (χ4n) is 3.77. The number of nitrogens with zero attached hydrogens (tertiary/aromatic N) is 3. The minimum Gasteiger partial charge on any atom is -0.310 e. The van der Waals surface area contributed by atoms with Gasteiger partial charge in [-0.1, -0.05) is 44.2 Å². The predicted octanol–water partition coefficient (Wildman–Crippen LogP) is 5.18. The SMILES string of the molecule is CC(C)c1ccc(-c2nc(CN3CCC(C(=O)Nc4ccccn4)CC3)cs2)cc1. The Morgan fingerprint density at radius 1 is 1.17 bits per heavy atom. The van der Waals surface area contributed by atoms with Gasteiger partial charge in [-0.15, -0.1) is 11.3 Å². The van der Waals surface area contributed by atoms with Gasteiger partial charge in [0.25, 0.3) is 0 Å². The second-order valence-electron chi connectivity index (χ2n) is 8.18. The maximum absolute atomic E-state index is 12.5. The molecule has 1 amide bonds. The first-order chi connectivity index (χ1) is 14.6. The first kappa shape index (κ1) is 20.7. The molecular weight excluding hydrogens is 392 g/mol. The van der Waals surface area contributed by atoms with Crippen molar-refractivity contribution in [2.24, 2.45) is 5.92 Å². The summed E-state index contributed by atoms with van der Waals surface area (Å²) in [7, 11) is 0. The van der Waals surface area contributed by atoms with E-state index in [2.05, 4.69) is 58.7 Å². The van der Waals surface area contributed by atoms with Crippen LogP contribution in [-0.4, -0.2) is 33.9 Å². The summed E-state index contributed by atoms with van der Waals surface area (Å²) in [5, 5.41) is 6.16. The third kappa shape index (κ3) is 5.12. The van der Waals surface area contributed by atoms with Crippen LogP contribution in [0.15, 0.2) is 54.0 Å². The highest BCUT2D eigenvalue weighted by Gasteiger charge is 2.25. The number of likely N-dealkylation sites (tertiary alicyclic amines) is 1. The zero-order valence-corrected chi connectivity index (χ0v) is 18.4. The standard InChI is InChI=1S/C24H28N4OS/c1-17(2)18-6-8-20(9-7-18)24-26-21(16-30-24)15-28-13-10-19(11-14-28)23(29)27-22-5-3-4-12-25-22/h3-9,12,16-17,19H,10-11,13-15H2,1-2H3,(H,25,27,29). The van der Waals surface area contributed by atoms with Crippen LogP contribution in [0, 0.1) is 5.92 Å². The molecule has 0 unspecified atom stereocenters. The minimum atomic E-state index is 0.0497. The van der Waals surface area contributed by atoms with E-state index in [9.17, 15) is 4.79 Å². The largest absolute Gasteiger partial charge is 0.310 e. The van der Waals surface area contributed by atoms with E-state index in [0.29, 0.717) is 11.7 Å². The van der Waals surface area contributed by atoms with E-state index in [1.54, 1.807) is 17.5 Å². The van der Waals surface area contributed by atoms with Crippen LogP contribution in [0.5, 0.6) is 0 Å². The Hall–Kier alpha value is -2.57. The molecule has 0 bridgehead atoms. The molecule has 3 heterocycles. The highest BCUT2D eigenvalue weighted by Crippen LogP contribution is 2.27. The molecule has 3 aromatic rings. The lowest BCUT2D eigenvalue weighted by Crippen LogP contribution is -2.37. The molecule has 0 radical (unpaired) electrons. The van der Waals surface area contributed by atoms with Gasteiger partial charge in [0.05, 0.1) is 5.69 Å². The monoisotopic (exact) mass is 420 g/mol. The number of piperidine rings is 1. The highest BCUT2D eigenvalue weighted by molar-refractivity contribution is 7.13.